The summed E-state index contributed by atoms with van der Waals surface area (Å²) >= 11 is 5.86. The van der Waals surface area contributed by atoms with E-state index in [9.17, 15) is 0 Å². The smallest absolute Gasteiger partial charge is 0.101 e. The zero-order valence-corrected chi connectivity index (χ0v) is 8.67. The Labute approximate surface area is 88.5 Å². The number of nitrogens with two attached hydrogens (primary N) is 1. The molecule has 0 aliphatic carbocycles. The highest BCUT2D eigenvalue weighted by Crippen LogP contribution is 2.20. The molecule has 0 spiro atoms. The minimum absolute atomic E-state index is 0.194. The molecule has 0 fully saturated rings. The number of hydrogen-bond acceptors (Lipinski definition) is 3. The fourth-order valence-electron chi connectivity index (χ4n) is 1.04. The average Bonchev–Trinajstić information content (AvgIpc) is 2.18. The van der Waals surface area contributed by atoms with Gasteiger partial charge in [-0.05, 0) is 25.1 Å². The van der Waals surface area contributed by atoms with Crippen molar-refractivity contribution in [2.24, 2.45) is 5.73 Å². The zero-order chi connectivity index (χ0) is 10.6. The monoisotopic (exact) mass is 209 g/mol. The van der Waals surface area contributed by atoms with Crippen molar-refractivity contribution in [2.75, 3.05) is 11.9 Å². The van der Waals surface area contributed by atoms with Crippen LogP contribution in [0.5, 0.6) is 0 Å². The van der Waals surface area contributed by atoms with Gasteiger partial charge in [-0.2, -0.15) is 5.26 Å². The summed E-state index contributed by atoms with van der Waals surface area (Å²) in [7, 11) is 0. The molecule has 3 N–H and O–H groups in total. The van der Waals surface area contributed by atoms with Gasteiger partial charge in [-0.15, -0.1) is 0 Å². The highest BCUT2D eigenvalue weighted by atomic mass is 35.5. The van der Waals surface area contributed by atoms with Gasteiger partial charge in [-0.3, -0.25) is 0 Å². The van der Waals surface area contributed by atoms with Crippen molar-refractivity contribution in [1.82, 2.24) is 0 Å². The molecule has 1 aromatic carbocycles. The third kappa shape index (κ3) is 2.63. The van der Waals surface area contributed by atoms with Gasteiger partial charge in [0, 0.05) is 18.3 Å². The van der Waals surface area contributed by atoms with Crippen LogP contribution in [0, 0.1) is 11.3 Å². The van der Waals surface area contributed by atoms with E-state index in [4.69, 9.17) is 22.6 Å². The number of nitrogens with one attached hydrogen (secondary N) is 1. The van der Waals surface area contributed by atoms with Gasteiger partial charge in [0.25, 0.3) is 0 Å². The SMILES string of the molecule is C[C@@H](CN)Nc1ccc(C#N)c(Cl)c1. The number of rotatable bonds is 3. The van der Waals surface area contributed by atoms with E-state index in [1.807, 2.05) is 19.1 Å². The normalized spacial score (nSPS) is 11.9. The first-order chi connectivity index (χ1) is 6.67. The van der Waals surface area contributed by atoms with Crippen molar-refractivity contribution in [3.05, 3.63) is 28.8 Å². The predicted octanol–water partition coefficient (Wildman–Crippen LogP) is 1.97. The highest BCUT2D eigenvalue weighted by molar-refractivity contribution is 6.32. The van der Waals surface area contributed by atoms with E-state index >= 15 is 0 Å². The van der Waals surface area contributed by atoms with Crippen molar-refractivity contribution in [2.45, 2.75) is 13.0 Å². The average molecular weight is 210 g/mol. The summed E-state index contributed by atoms with van der Waals surface area (Å²) in [4.78, 5) is 0. The van der Waals surface area contributed by atoms with Crippen molar-refractivity contribution in [3.63, 3.8) is 0 Å². The molecular formula is C10H12ClN3. The van der Waals surface area contributed by atoms with E-state index in [0.29, 0.717) is 17.1 Å². The summed E-state index contributed by atoms with van der Waals surface area (Å²) in [6, 6.07) is 7.43. The Balaban J connectivity index is 2.82. The van der Waals surface area contributed by atoms with Crippen LogP contribution in [0.2, 0.25) is 5.02 Å². The topological polar surface area (TPSA) is 61.8 Å². The van der Waals surface area contributed by atoms with E-state index in [2.05, 4.69) is 5.32 Å². The predicted molar refractivity (Wildman–Crippen MR) is 58.3 cm³/mol. The Morgan fingerprint density at radius 1 is 1.64 bits per heavy atom. The summed E-state index contributed by atoms with van der Waals surface area (Å²) in [6.07, 6.45) is 0. The second kappa shape index (κ2) is 4.85. The second-order valence-electron chi connectivity index (χ2n) is 3.09. The fraction of sp³-hybridized carbons (Fsp3) is 0.300. The lowest BCUT2D eigenvalue weighted by molar-refractivity contribution is 0.804. The van der Waals surface area contributed by atoms with Crippen molar-refractivity contribution in [1.29, 1.82) is 5.26 Å². The Morgan fingerprint density at radius 2 is 2.36 bits per heavy atom. The van der Waals surface area contributed by atoms with E-state index in [1.165, 1.54) is 0 Å². The summed E-state index contributed by atoms with van der Waals surface area (Å²) in [5.74, 6) is 0. The molecule has 0 saturated carbocycles. The van der Waals surface area contributed by atoms with E-state index in [1.54, 1.807) is 12.1 Å². The van der Waals surface area contributed by atoms with Crippen LogP contribution in [-0.2, 0) is 0 Å². The molecule has 0 unspecified atom stereocenters. The zero-order valence-electron chi connectivity index (χ0n) is 7.92. The highest BCUT2D eigenvalue weighted by Gasteiger charge is 2.02. The molecule has 0 amide bonds. The van der Waals surface area contributed by atoms with Crippen molar-refractivity contribution < 1.29 is 0 Å². The molecule has 74 valence electrons. The number of halogens is 1. The molecule has 0 aliphatic rings. The molecule has 1 rings (SSSR count). The number of benzene rings is 1. The number of anilines is 1. The maximum absolute atomic E-state index is 8.66. The van der Waals surface area contributed by atoms with E-state index < -0.39 is 0 Å². The number of nitrogens with zero attached hydrogens (tertiary/aromatic N) is 1. The lowest BCUT2D eigenvalue weighted by Gasteiger charge is -2.12. The van der Waals surface area contributed by atoms with E-state index in [-0.39, 0.29) is 6.04 Å². The van der Waals surface area contributed by atoms with Crippen molar-refractivity contribution in [3.8, 4) is 6.07 Å². The van der Waals surface area contributed by atoms with Gasteiger partial charge < -0.3 is 11.1 Å². The van der Waals surface area contributed by atoms with Crippen LogP contribution >= 0.6 is 11.6 Å². The molecule has 0 aromatic heterocycles. The molecule has 3 nitrogen and oxygen atoms in total. The summed E-state index contributed by atoms with van der Waals surface area (Å²) in [5.41, 5.74) is 6.83. The Bertz CT molecular complexity index is 357. The quantitative estimate of drug-likeness (QED) is 0.800. The molecule has 14 heavy (non-hydrogen) atoms. The first-order valence-corrected chi connectivity index (χ1v) is 4.71. The van der Waals surface area contributed by atoms with Crippen LogP contribution in [-0.4, -0.2) is 12.6 Å². The Kier molecular flexibility index (Phi) is 3.75. The fourth-order valence-corrected chi connectivity index (χ4v) is 1.26. The number of hydrogen-bond donors (Lipinski definition) is 2. The standard InChI is InChI=1S/C10H12ClN3/c1-7(5-12)14-9-3-2-8(6-13)10(11)4-9/h2-4,7,14H,5,12H2,1H3/t7-/m0/s1. The van der Waals surface area contributed by atoms with Crippen LogP contribution in [0.3, 0.4) is 0 Å². The lowest BCUT2D eigenvalue weighted by atomic mass is 10.2. The summed E-state index contributed by atoms with van der Waals surface area (Å²) < 4.78 is 0. The maximum atomic E-state index is 8.66. The Morgan fingerprint density at radius 3 is 2.86 bits per heavy atom. The largest absolute Gasteiger partial charge is 0.381 e. The molecule has 0 heterocycles. The lowest BCUT2D eigenvalue weighted by Crippen LogP contribution is -2.25. The maximum Gasteiger partial charge on any atom is 0.101 e. The minimum atomic E-state index is 0.194. The summed E-state index contributed by atoms with van der Waals surface area (Å²) in [6.45, 7) is 2.53. The molecule has 0 saturated heterocycles. The third-order valence-corrected chi connectivity index (χ3v) is 2.17. The first-order valence-electron chi connectivity index (χ1n) is 4.33. The van der Waals surface area contributed by atoms with Gasteiger partial charge in [0.2, 0.25) is 0 Å². The van der Waals surface area contributed by atoms with Gasteiger partial charge in [-0.1, -0.05) is 11.6 Å². The molecule has 4 heteroatoms. The van der Waals surface area contributed by atoms with Gasteiger partial charge in [-0.25, -0.2) is 0 Å². The van der Waals surface area contributed by atoms with Crippen LogP contribution in [0.15, 0.2) is 18.2 Å². The van der Waals surface area contributed by atoms with Gasteiger partial charge in [0.15, 0.2) is 0 Å². The molecule has 1 aromatic rings. The van der Waals surface area contributed by atoms with Gasteiger partial charge >= 0.3 is 0 Å². The van der Waals surface area contributed by atoms with Crippen LogP contribution < -0.4 is 11.1 Å². The molecule has 1 atom stereocenters. The van der Waals surface area contributed by atoms with E-state index in [0.717, 1.165) is 5.69 Å². The molecule has 0 aliphatic heterocycles. The van der Waals surface area contributed by atoms with Gasteiger partial charge in [0.05, 0.1) is 10.6 Å². The first kappa shape index (κ1) is 10.8. The van der Waals surface area contributed by atoms with Crippen LogP contribution in [0.25, 0.3) is 0 Å². The second-order valence-corrected chi connectivity index (χ2v) is 3.49. The molecule has 0 bridgehead atoms. The van der Waals surface area contributed by atoms with Crippen molar-refractivity contribution >= 4 is 17.3 Å². The summed E-state index contributed by atoms with van der Waals surface area (Å²) in [5, 5.41) is 12.3. The van der Waals surface area contributed by atoms with Crippen LogP contribution in [0.1, 0.15) is 12.5 Å². The van der Waals surface area contributed by atoms with Crippen LogP contribution in [0.4, 0.5) is 5.69 Å². The molecular weight excluding hydrogens is 198 g/mol. The Hall–Kier alpha value is -1.24. The minimum Gasteiger partial charge on any atom is -0.381 e. The van der Waals surface area contributed by atoms with Gasteiger partial charge in [0.1, 0.15) is 6.07 Å². The number of nitriles is 1. The molecule has 0 radical (unpaired) electrons. The third-order valence-electron chi connectivity index (χ3n) is 1.86.